The van der Waals surface area contributed by atoms with E-state index in [2.05, 4.69) is 10.6 Å². The molecule has 1 aromatic carbocycles. The molecule has 2 N–H and O–H groups in total. The van der Waals surface area contributed by atoms with Crippen molar-refractivity contribution in [3.8, 4) is 0 Å². The number of hydrogen-bond acceptors (Lipinski definition) is 3. The van der Waals surface area contributed by atoms with Crippen molar-refractivity contribution in [3.63, 3.8) is 0 Å². The predicted molar refractivity (Wildman–Crippen MR) is 89.4 cm³/mol. The van der Waals surface area contributed by atoms with Gasteiger partial charge in [-0.2, -0.15) is 0 Å². The third-order valence-electron chi connectivity index (χ3n) is 5.11. The fourth-order valence-corrected chi connectivity index (χ4v) is 3.29. The largest absolute Gasteiger partial charge is 0.368 e. The summed E-state index contributed by atoms with van der Waals surface area (Å²) in [5.41, 5.74) is 0.376. The Morgan fingerprint density at radius 2 is 1.83 bits per heavy atom. The zero-order chi connectivity index (χ0) is 15.6. The van der Waals surface area contributed by atoms with Crippen molar-refractivity contribution in [2.75, 3.05) is 26.7 Å². The summed E-state index contributed by atoms with van der Waals surface area (Å²) in [6, 6.07) is 6.62. The van der Waals surface area contributed by atoms with Gasteiger partial charge in [0.05, 0.1) is 0 Å². The van der Waals surface area contributed by atoms with Crippen molar-refractivity contribution < 1.29 is 13.9 Å². The smallest absolute Gasteiger partial charge is 0.252 e. The van der Waals surface area contributed by atoms with Gasteiger partial charge >= 0.3 is 0 Å². The van der Waals surface area contributed by atoms with E-state index < -0.39 is 5.60 Å². The third-order valence-corrected chi connectivity index (χ3v) is 5.11. The van der Waals surface area contributed by atoms with Crippen LogP contribution in [0.5, 0.6) is 0 Å². The molecule has 0 radical (unpaired) electrons. The van der Waals surface area contributed by atoms with Gasteiger partial charge in [-0.15, -0.1) is 12.4 Å². The summed E-state index contributed by atoms with van der Waals surface area (Å²) >= 11 is 0. The Bertz CT molecular complexity index is 540. The first-order valence-corrected chi connectivity index (χ1v) is 7.91. The van der Waals surface area contributed by atoms with Gasteiger partial charge in [0.1, 0.15) is 11.4 Å². The molecule has 1 saturated heterocycles. The lowest BCUT2D eigenvalue weighted by atomic mass is 9.90. The summed E-state index contributed by atoms with van der Waals surface area (Å²) in [7, 11) is 1.61. The summed E-state index contributed by atoms with van der Waals surface area (Å²) < 4.78 is 18.6. The fourth-order valence-electron chi connectivity index (χ4n) is 3.29. The Morgan fingerprint density at radius 3 is 2.35 bits per heavy atom. The molecular formula is C17H24ClFN2O2. The standard InChI is InChI=1S/C17H23FN2O2.ClH/c1-22-17(8-10-19-11-9-17)15(21)20-12-16(6-7-16)13-2-4-14(18)5-3-13;/h2-5,19H,6-12H2,1H3,(H,20,21);1H. The van der Waals surface area contributed by atoms with Gasteiger partial charge in [-0.05, 0) is 56.5 Å². The van der Waals surface area contributed by atoms with Gasteiger partial charge in [0, 0.05) is 19.1 Å². The maximum Gasteiger partial charge on any atom is 0.252 e. The van der Waals surface area contributed by atoms with Crippen LogP contribution < -0.4 is 10.6 Å². The second-order valence-electron chi connectivity index (χ2n) is 6.42. The van der Waals surface area contributed by atoms with Gasteiger partial charge in [-0.1, -0.05) is 12.1 Å². The van der Waals surface area contributed by atoms with E-state index in [0.29, 0.717) is 19.4 Å². The van der Waals surface area contributed by atoms with E-state index in [-0.39, 0.29) is 29.5 Å². The summed E-state index contributed by atoms with van der Waals surface area (Å²) in [4.78, 5) is 12.6. The monoisotopic (exact) mass is 342 g/mol. The zero-order valence-corrected chi connectivity index (χ0v) is 14.2. The highest BCUT2D eigenvalue weighted by molar-refractivity contribution is 5.85. The average Bonchev–Trinajstić information content (AvgIpc) is 3.35. The van der Waals surface area contributed by atoms with Crippen LogP contribution in [0.4, 0.5) is 4.39 Å². The number of piperidine rings is 1. The molecule has 2 aliphatic rings. The number of amides is 1. The van der Waals surface area contributed by atoms with Crippen molar-refractivity contribution in [2.24, 2.45) is 0 Å². The normalized spacial score (nSPS) is 21.1. The molecule has 1 aliphatic carbocycles. The molecule has 0 atom stereocenters. The molecule has 23 heavy (non-hydrogen) atoms. The molecule has 2 fully saturated rings. The molecule has 0 spiro atoms. The SMILES string of the molecule is COC1(C(=O)NCC2(c3ccc(F)cc3)CC2)CCNCC1.Cl. The van der Waals surface area contributed by atoms with E-state index in [1.54, 1.807) is 7.11 Å². The number of hydrogen-bond donors (Lipinski definition) is 2. The van der Waals surface area contributed by atoms with Crippen molar-refractivity contribution in [1.29, 1.82) is 0 Å². The number of carbonyl (C=O) groups is 1. The summed E-state index contributed by atoms with van der Waals surface area (Å²) in [6.07, 6.45) is 3.44. The van der Waals surface area contributed by atoms with Crippen LogP contribution in [-0.4, -0.2) is 38.3 Å². The van der Waals surface area contributed by atoms with Crippen LogP contribution in [0.25, 0.3) is 0 Å². The van der Waals surface area contributed by atoms with E-state index in [0.717, 1.165) is 31.5 Å². The summed E-state index contributed by atoms with van der Waals surface area (Å²) in [5, 5.41) is 6.32. The quantitative estimate of drug-likeness (QED) is 0.862. The van der Waals surface area contributed by atoms with Gasteiger partial charge in [0.25, 0.3) is 5.91 Å². The van der Waals surface area contributed by atoms with Crippen LogP contribution >= 0.6 is 12.4 Å². The molecule has 6 heteroatoms. The lowest BCUT2D eigenvalue weighted by molar-refractivity contribution is -0.146. The van der Waals surface area contributed by atoms with Gasteiger partial charge in [-0.3, -0.25) is 4.79 Å². The van der Waals surface area contributed by atoms with E-state index >= 15 is 0 Å². The van der Waals surface area contributed by atoms with Gasteiger partial charge < -0.3 is 15.4 Å². The van der Waals surface area contributed by atoms with Crippen molar-refractivity contribution in [3.05, 3.63) is 35.6 Å². The Labute approximate surface area is 142 Å². The van der Waals surface area contributed by atoms with Crippen LogP contribution in [0.15, 0.2) is 24.3 Å². The van der Waals surface area contributed by atoms with Crippen LogP contribution in [0.2, 0.25) is 0 Å². The van der Waals surface area contributed by atoms with Crippen LogP contribution in [0.1, 0.15) is 31.2 Å². The minimum absolute atomic E-state index is 0. The molecule has 0 aromatic heterocycles. The Morgan fingerprint density at radius 1 is 1.22 bits per heavy atom. The molecule has 0 bridgehead atoms. The first-order valence-electron chi connectivity index (χ1n) is 7.91. The van der Waals surface area contributed by atoms with E-state index in [9.17, 15) is 9.18 Å². The summed E-state index contributed by atoms with van der Waals surface area (Å²) in [5.74, 6) is -0.249. The highest BCUT2D eigenvalue weighted by Crippen LogP contribution is 2.47. The molecule has 1 aliphatic heterocycles. The van der Waals surface area contributed by atoms with Gasteiger partial charge in [0.2, 0.25) is 0 Å². The lowest BCUT2D eigenvalue weighted by Gasteiger charge is -2.35. The van der Waals surface area contributed by atoms with Crippen molar-refractivity contribution >= 4 is 18.3 Å². The highest BCUT2D eigenvalue weighted by Gasteiger charge is 2.46. The number of rotatable bonds is 5. The molecule has 1 aromatic rings. The van der Waals surface area contributed by atoms with Crippen molar-refractivity contribution in [1.82, 2.24) is 10.6 Å². The zero-order valence-electron chi connectivity index (χ0n) is 13.4. The fraction of sp³-hybridized carbons (Fsp3) is 0.588. The Balaban J connectivity index is 0.00000192. The maximum absolute atomic E-state index is 13.1. The maximum atomic E-state index is 13.1. The van der Waals surface area contributed by atoms with E-state index in [4.69, 9.17) is 4.74 Å². The molecular weight excluding hydrogens is 319 g/mol. The molecule has 3 rings (SSSR count). The first kappa shape index (κ1) is 18.2. The molecule has 1 heterocycles. The number of ether oxygens (including phenoxy) is 1. The van der Waals surface area contributed by atoms with Crippen LogP contribution in [0.3, 0.4) is 0 Å². The highest BCUT2D eigenvalue weighted by atomic mass is 35.5. The minimum Gasteiger partial charge on any atom is -0.368 e. The van der Waals surface area contributed by atoms with Gasteiger partial charge in [0.15, 0.2) is 0 Å². The van der Waals surface area contributed by atoms with E-state index in [1.165, 1.54) is 12.1 Å². The van der Waals surface area contributed by atoms with Crippen molar-refractivity contribution in [2.45, 2.75) is 36.7 Å². The topological polar surface area (TPSA) is 50.4 Å². The van der Waals surface area contributed by atoms with Gasteiger partial charge in [-0.25, -0.2) is 4.39 Å². The Hall–Kier alpha value is -1.17. The number of nitrogens with one attached hydrogen (secondary N) is 2. The minimum atomic E-state index is -0.704. The lowest BCUT2D eigenvalue weighted by Crippen LogP contribution is -2.55. The van der Waals surface area contributed by atoms with Crippen LogP contribution in [-0.2, 0) is 14.9 Å². The molecule has 4 nitrogen and oxygen atoms in total. The number of benzene rings is 1. The summed E-state index contributed by atoms with van der Waals surface area (Å²) in [6.45, 7) is 2.19. The third kappa shape index (κ3) is 3.67. The second kappa shape index (κ2) is 7.16. The second-order valence-corrected chi connectivity index (χ2v) is 6.42. The molecule has 128 valence electrons. The first-order chi connectivity index (χ1) is 10.6. The number of carbonyl (C=O) groups excluding carboxylic acids is 1. The molecule has 0 unspecified atom stereocenters. The predicted octanol–water partition coefficient (Wildman–Crippen LogP) is 2.16. The number of methoxy groups -OCH3 is 1. The van der Waals surface area contributed by atoms with E-state index in [1.807, 2.05) is 12.1 Å². The molecule has 1 saturated carbocycles. The number of halogens is 2. The Kier molecular flexibility index (Phi) is 5.65. The molecule has 1 amide bonds. The average molecular weight is 343 g/mol. The van der Waals surface area contributed by atoms with Crippen LogP contribution in [0, 0.1) is 5.82 Å².